The van der Waals surface area contributed by atoms with Crippen LogP contribution in [0.2, 0.25) is 0 Å². The molecule has 2 saturated carbocycles. The summed E-state index contributed by atoms with van der Waals surface area (Å²) in [7, 11) is 0. The van der Waals surface area contributed by atoms with Crippen molar-refractivity contribution in [2.45, 2.75) is 51.7 Å². The number of aromatic hydroxyl groups is 1. The van der Waals surface area contributed by atoms with Crippen LogP contribution in [0.1, 0.15) is 45.6 Å². The Morgan fingerprint density at radius 2 is 1.93 bits per heavy atom. The third-order valence-electron chi connectivity index (χ3n) is 6.83. The van der Waals surface area contributed by atoms with E-state index in [2.05, 4.69) is 13.8 Å². The summed E-state index contributed by atoms with van der Waals surface area (Å²) in [4.78, 5) is 12.9. The molecular formula is C21H25O5Y-. The van der Waals surface area contributed by atoms with E-state index >= 15 is 0 Å². The van der Waals surface area contributed by atoms with Crippen molar-refractivity contribution >= 4 is 5.78 Å². The molecule has 0 aromatic heterocycles. The summed E-state index contributed by atoms with van der Waals surface area (Å²) in [5.74, 6) is 0.625. The van der Waals surface area contributed by atoms with Crippen LogP contribution in [-0.2, 0) is 37.5 Å². The van der Waals surface area contributed by atoms with Gasteiger partial charge in [0.1, 0.15) is 11.5 Å². The first kappa shape index (κ1) is 20.8. The monoisotopic (exact) mass is 446 g/mol. The zero-order chi connectivity index (χ0) is 19.0. The Bertz CT molecular complexity index is 813. The van der Waals surface area contributed by atoms with Gasteiger partial charge in [-0.3, -0.25) is 0 Å². The molecule has 5 atom stereocenters. The number of Topliss-reactive ketones (excluding diaryl/α,β-unsaturated/α-hetero) is 1. The molecule has 1 radical (unpaired) electrons. The van der Waals surface area contributed by atoms with E-state index in [9.17, 15) is 20.1 Å². The number of phenols is 1. The maximum Gasteiger partial charge on any atom is 0.119 e. The number of fused-ring (bicyclic) bond motifs is 5. The van der Waals surface area contributed by atoms with E-state index in [1.807, 2.05) is 13.0 Å². The summed E-state index contributed by atoms with van der Waals surface area (Å²) in [6.07, 6.45) is 0.486. The van der Waals surface area contributed by atoms with Crippen molar-refractivity contribution < 1.29 is 57.6 Å². The van der Waals surface area contributed by atoms with E-state index in [-0.39, 0.29) is 67.9 Å². The fourth-order valence-electron chi connectivity index (χ4n) is 5.10. The Morgan fingerprint density at radius 1 is 1.26 bits per heavy atom. The Kier molecular flexibility index (Phi) is 5.08. The molecule has 1 aromatic rings. The van der Waals surface area contributed by atoms with Gasteiger partial charge in [0.15, 0.2) is 0 Å². The van der Waals surface area contributed by atoms with E-state index in [0.29, 0.717) is 11.7 Å². The van der Waals surface area contributed by atoms with E-state index in [1.54, 1.807) is 18.4 Å². The molecule has 5 nitrogen and oxygen atoms in total. The van der Waals surface area contributed by atoms with E-state index in [0.717, 1.165) is 11.1 Å². The molecule has 2 aliphatic carbocycles. The Balaban J connectivity index is 0.00000210. The van der Waals surface area contributed by atoms with Gasteiger partial charge in [-0.1, -0.05) is 33.1 Å². The van der Waals surface area contributed by atoms with Crippen LogP contribution >= 0.6 is 0 Å². The fraction of sp³-hybridized carbons (Fsp3) is 0.524. The normalized spacial score (nSPS) is 36.4. The molecule has 0 bridgehead atoms. The summed E-state index contributed by atoms with van der Waals surface area (Å²) in [5, 5.41) is 31.2. The predicted molar refractivity (Wildman–Crippen MR) is 95.5 cm³/mol. The van der Waals surface area contributed by atoms with Crippen molar-refractivity contribution in [1.29, 1.82) is 0 Å². The van der Waals surface area contributed by atoms with Gasteiger partial charge in [0.05, 0.1) is 17.5 Å². The van der Waals surface area contributed by atoms with Gasteiger partial charge in [0.2, 0.25) is 0 Å². The SMILES string of the molecule is C[C@H]1[C@@H]2[C-](C(=O)C[C@@](C)(O)[C@@H]2O)C2=COc3cc(O)ccc3[C@H]2C1(C)C.[Y]. The number of hydrogen-bond acceptors (Lipinski definition) is 5. The van der Waals surface area contributed by atoms with E-state index in [1.165, 1.54) is 6.92 Å². The van der Waals surface area contributed by atoms with Crippen molar-refractivity contribution in [2.24, 2.45) is 17.3 Å². The first-order valence-electron chi connectivity index (χ1n) is 9.06. The first-order chi connectivity index (χ1) is 12.1. The van der Waals surface area contributed by atoms with Crippen LogP contribution in [0.5, 0.6) is 11.5 Å². The molecule has 27 heavy (non-hydrogen) atoms. The molecule has 3 aliphatic rings. The second-order valence-corrected chi connectivity index (χ2v) is 8.80. The van der Waals surface area contributed by atoms with Crippen LogP contribution in [0.15, 0.2) is 30.0 Å². The molecule has 2 fully saturated rings. The Hall–Kier alpha value is -0.876. The van der Waals surface area contributed by atoms with Gasteiger partial charge in [0, 0.05) is 45.2 Å². The summed E-state index contributed by atoms with van der Waals surface area (Å²) in [5.41, 5.74) is 0.00501. The second-order valence-electron chi connectivity index (χ2n) is 8.80. The minimum absolute atomic E-state index is 0. The van der Waals surface area contributed by atoms with Crippen molar-refractivity contribution in [3.8, 4) is 11.5 Å². The van der Waals surface area contributed by atoms with Crippen LogP contribution in [0.25, 0.3) is 0 Å². The quantitative estimate of drug-likeness (QED) is 0.534. The number of hydrogen-bond donors (Lipinski definition) is 3. The number of carbonyl (C=O) groups excluding carboxylic acids is 1. The first-order valence-corrected chi connectivity index (χ1v) is 9.06. The van der Waals surface area contributed by atoms with Crippen LogP contribution in [0.3, 0.4) is 0 Å². The third kappa shape index (κ3) is 2.89. The van der Waals surface area contributed by atoms with Crippen molar-refractivity contribution in [2.75, 3.05) is 0 Å². The van der Waals surface area contributed by atoms with Gasteiger partial charge in [-0.15, -0.1) is 5.92 Å². The van der Waals surface area contributed by atoms with Gasteiger partial charge >= 0.3 is 0 Å². The average Bonchev–Trinajstić information content (AvgIpc) is 2.55. The van der Waals surface area contributed by atoms with Gasteiger partial charge in [0.25, 0.3) is 0 Å². The Labute approximate surface area is 184 Å². The summed E-state index contributed by atoms with van der Waals surface area (Å²) in [6, 6.07) is 5.06. The smallest absolute Gasteiger partial charge is 0.119 e. The van der Waals surface area contributed by atoms with Crippen molar-refractivity contribution in [3.05, 3.63) is 41.5 Å². The summed E-state index contributed by atoms with van der Waals surface area (Å²) < 4.78 is 5.75. The number of aliphatic hydroxyl groups is 2. The van der Waals surface area contributed by atoms with Crippen LogP contribution in [-0.4, -0.2) is 32.8 Å². The molecular weight excluding hydrogens is 421 g/mol. The summed E-state index contributed by atoms with van der Waals surface area (Å²) in [6.45, 7) is 7.81. The van der Waals surface area contributed by atoms with E-state index in [4.69, 9.17) is 4.74 Å². The maximum atomic E-state index is 12.9. The molecule has 4 rings (SSSR count). The van der Waals surface area contributed by atoms with Gasteiger partial charge in [-0.05, 0) is 41.7 Å². The summed E-state index contributed by atoms with van der Waals surface area (Å²) >= 11 is 0. The molecule has 3 N–H and O–H groups in total. The molecule has 143 valence electrons. The molecule has 1 heterocycles. The fourth-order valence-corrected chi connectivity index (χ4v) is 5.10. The number of ether oxygens (including phenoxy) is 1. The second kappa shape index (κ2) is 6.58. The molecule has 0 spiro atoms. The Morgan fingerprint density at radius 3 is 2.59 bits per heavy atom. The number of phenolic OH excluding ortho intramolecular Hbond substituents is 1. The van der Waals surface area contributed by atoms with E-state index < -0.39 is 17.6 Å². The van der Waals surface area contributed by atoms with Gasteiger partial charge < -0.3 is 24.9 Å². The van der Waals surface area contributed by atoms with Crippen LogP contribution in [0, 0.1) is 23.2 Å². The van der Waals surface area contributed by atoms with Gasteiger partial charge in [-0.25, -0.2) is 0 Å². The number of ketones is 1. The predicted octanol–water partition coefficient (Wildman–Crippen LogP) is 2.70. The number of rotatable bonds is 0. The zero-order valence-electron chi connectivity index (χ0n) is 16.1. The number of carbonyl (C=O) groups is 1. The topological polar surface area (TPSA) is 87.0 Å². The third-order valence-corrected chi connectivity index (χ3v) is 6.83. The average molecular weight is 446 g/mol. The zero-order valence-corrected chi connectivity index (χ0v) is 18.9. The molecule has 0 amide bonds. The minimum Gasteiger partial charge on any atom is -0.553 e. The largest absolute Gasteiger partial charge is 0.553 e. The van der Waals surface area contributed by atoms with Crippen LogP contribution < -0.4 is 4.74 Å². The van der Waals surface area contributed by atoms with Crippen molar-refractivity contribution in [3.63, 3.8) is 0 Å². The molecule has 1 aromatic carbocycles. The van der Waals surface area contributed by atoms with Gasteiger partial charge in [-0.2, -0.15) is 5.57 Å². The van der Waals surface area contributed by atoms with Crippen molar-refractivity contribution in [1.82, 2.24) is 0 Å². The number of allylic oxidation sites excluding steroid dienone is 1. The standard InChI is InChI=1S/C21H25O5.Y/c1-10-16-17(14(23)8-21(4,25)19(16)24)13-9-26-15-7-11(22)5-6-12(15)18(13)20(10,2)3;/h5-7,9-10,16,18-19,22,24-25H,8H2,1-4H3;/q-1;/t10-,16+,18+,19+,21+;/m0./s1. The molecule has 6 heteroatoms. The molecule has 0 saturated heterocycles. The maximum absolute atomic E-state index is 12.9. The molecule has 0 unspecified atom stereocenters. The van der Waals surface area contributed by atoms with Crippen LogP contribution in [0.4, 0.5) is 0 Å². The number of aliphatic hydroxyl groups excluding tert-OH is 1. The minimum atomic E-state index is -1.43. The number of benzene rings is 1. The molecule has 1 aliphatic heterocycles.